The van der Waals surface area contributed by atoms with Crippen molar-refractivity contribution in [2.24, 2.45) is 5.41 Å². The van der Waals surface area contributed by atoms with Crippen molar-refractivity contribution in [3.05, 3.63) is 82.9 Å². The van der Waals surface area contributed by atoms with Crippen molar-refractivity contribution in [3.63, 3.8) is 0 Å². The number of rotatable bonds is 8. The number of nitriles is 1. The van der Waals surface area contributed by atoms with Gasteiger partial charge in [0, 0.05) is 37.2 Å². The lowest BCUT2D eigenvalue weighted by Crippen LogP contribution is -2.36. The van der Waals surface area contributed by atoms with E-state index in [1.165, 1.54) is 13.2 Å². The number of methoxy groups -OCH3 is 1. The summed E-state index contributed by atoms with van der Waals surface area (Å²) in [5.74, 6) is 1.90. The molecule has 43 heavy (non-hydrogen) atoms. The van der Waals surface area contributed by atoms with E-state index in [9.17, 15) is 9.18 Å². The number of halogens is 1. The van der Waals surface area contributed by atoms with Crippen molar-refractivity contribution in [2.45, 2.75) is 50.9 Å². The van der Waals surface area contributed by atoms with Crippen molar-refractivity contribution >= 4 is 22.8 Å². The minimum Gasteiger partial charge on any atom is -0.473 e. The number of ether oxygens (including phenoxy) is 3. The second kappa shape index (κ2) is 11.0. The molecule has 4 heterocycles. The average molecular weight is 582 g/mol. The summed E-state index contributed by atoms with van der Waals surface area (Å²) in [6.45, 7) is 3.30. The Morgan fingerprint density at radius 2 is 2.00 bits per heavy atom. The molecule has 1 aliphatic carbocycles. The molecular weight excluding hydrogens is 549 g/mol. The Morgan fingerprint density at radius 1 is 1.16 bits per heavy atom. The highest BCUT2D eigenvalue weighted by atomic mass is 19.1. The Balaban J connectivity index is 1.04. The van der Waals surface area contributed by atoms with Gasteiger partial charge in [-0.05, 0) is 67.5 Å². The number of anilines is 1. The predicted molar refractivity (Wildman–Crippen MR) is 156 cm³/mol. The second-order valence-electron chi connectivity index (χ2n) is 11.7. The Morgan fingerprint density at radius 3 is 2.72 bits per heavy atom. The molecule has 10 heteroatoms. The molecule has 4 aromatic rings. The number of carbonyl (C=O) groups excluding carboxylic acids is 1. The van der Waals surface area contributed by atoms with E-state index in [-0.39, 0.29) is 29.7 Å². The number of carbonyl (C=O) groups is 1. The van der Waals surface area contributed by atoms with E-state index in [1.807, 2.05) is 30.3 Å². The van der Waals surface area contributed by atoms with E-state index in [1.54, 1.807) is 24.3 Å². The van der Waals surface area contributed by atoms with Gasteiger partial charge in [-0.3, -0.25) is 0 Å². The van der Waals surface area contributed by atoms with Crippen molar-refractivity contribution in [1.82, 2.24) is 14.5 Å². The fourth-order valence-corrected chi connectivity index (χ4v) is 6.47. The van der Waals surface area contributed by atoms with E-state index in [0.717, 1.165) is 74.6 Å². The number of esters is 1. The molecule has 1 spiro atoms. The zero-order chi connectivity index (χ0) is 29.6. The molecule has 7 rings (SSSR count). The molecule has 2 aromatic heterocycles. The molecule has 0 N–H and O–H groups in total. The maximum Gasteiger partial charge on any atom is 0.337 e. The molecule has 1 saturated carbocycles. The van der Waals surface area contributed by atoms with Crippen LogP contribution in [0.1, 0.15) is 58.9 Å². The van der Waals surface area contributed by atoms with Crippen molar-refractivity contribution < 1.29 is 23.4 Å². The SMILES string of the molecule is COC(=O)c1ccc2nc(C3CC34CCN(c3cccc(OCc5ccc(C#N)cc5F)n3)CC4)n(C[C@@H]3CCO3)c2c1. The first-order valence-electron chi connectivity index (χ1n) is 14.7. The van der Waals surface area contributed by atoms with E-state index in [2.05, 4.69) is 9.47 Å². The van der Waals surface area contributed by atoms with E-state index < -0.39 is 5.82 Å². The van der Waals surface area contributed by atoms with E-state index in [4.69, 9.17) is 29.4 Å². The number of fused-ring (bicyclic) bond motifs is 1. The van der Waals surface area contributed by atoms with Gasteiger partial charge in [0.25, 0.3) is 0 Å². The summed E-state index contributed by atoms with van der Waals surface area (Å²) in [6.07, 6.45) is 4.34. The maximum absolute atomic E-state index is 14.3. The molecule has 220 valence electrons. The van der Waals surface area contributed by atoms with Crippen LogP contribution in [-0.4, -0.2) is 53.4 Å². The fourth-order valence-electron chi connectivity index (χ4n) is 6.47. The van der Waals surface area contributed by atoms with Gasteiger partial charge in [0.1, 0.15) is 24.1 Å². The van der Waals surface area contributed by atoms with Crippen molar-refractivity contribution in [3.8, 4) is 11.9 Å². The topological polar surface area (TPSA) is 102 Å². The molecule has 0 amide bonds. The Bertz CT molecular complexity index is 1740. The predicted octanol–water partition coefficient (Wildman–Crippen LogP) is 5.37. The van der Waals surface area contributed by atoms with Gasteiger partial charge in [0.05, 0.1) is 48.0 Å². The average Bonchev–Trinajstić information content (AvgIpc) is 3.58. The molecule has 2 aromatic carbocycles. The van der Waals surface area contributed by atoms with Gasteiger partial charge in [0.2, 0.25) is 5.88 Å². The van der Waals surface area contributed by atoms with Gasteiger partial charge in [-0.15, -0.1) is 0 Å². The highest BCUT2D eigenvalue weighted by Gasteiger charge is 2.57. The third-order valence-electron chi connectivity index (χ3n) is 9.23. The van der Waals surface area contributed by atoms with Gasteiger partial charge in [-0.25, -0.2) is 14.2 Å². The van der Waals surface area contributed by atoms with E-state index in [0.29, 0.717) is 22.9 Å². The monoisotopic (exact) mass is 581 g/mol. The summed E-state index contributed by atoms with van der Waals surface area (Å²) < 4.78 is 33.1. The van der Waals surface area contributed by atoms with E-state index >= 15 is 0 Å². The quantitative estimate of drug-likeness (QED) is 0.256. The third-order valence-corrected chi connectivity index (χ3v) is 9.23. The minimum absolute atomic E-state index is 0.0345. The highest BCUT2D eigenvalue weighted by molar-refractivity contribution is 5.93. The van der Waals surface area contributed by atoms with Gasteiger partial charge in [0.15, 0.2) is 0 Å². The fraction of sp³-hybridized carbons (Fsp3) is 0.394. The molecule has 9 nitrogen and oxygen atoms in total. The lowest BCUT2D eigenvalue weighted by atomic mass is 9.90. The smallest absolute Gasteiger partial charge is 0.337 e. The molecule has 2 atom stereocenters. The highest BCUT2D eigenvalue weighted by Crippen LogP contribution is 2.65. The molecular formula is C33H32FN5O4. The molecule has 2 saturated heterocycles. The minimum atomic E-state index is -0.465. The summed E-state index contributed by atoms with van der Waals surface area (Å²) in [6, 6.07) is 17.6. The van der Waals surface area contributed by atoms with Crippen LogP contribution in [-0.2, 0) is 22.6 Å². The Kier molecular flexibility index (Phi) is 6.98. The summed E-state index contributed by atoms with van der Waals surface area (Å²) in [4.78, 5) is 24.3. The number of hydrogen-bond donors (Lipinski definition) is 0. The number of piperidine rings is 1. The Hall–Kier alpha value is -4.49. The molecule has 1 unspecified atom stereocenters. The number of aromatic nitrogens is 3. The van der Waals surface area contributed by atoms with Crippen LogP contribution in [0.4, 0.5) is 10.2 Å². The van der Waals surface area contributed by atoms with Crippen LogP contribution in [0.5, 0.6) is 5.88 Å². The maximum atomic E-state index is 14.3. The molecule has 2 aliphatic heterocycles. The lowest BCUT2D eigenvalue weighted by molar-refractivity contribution is -0.0590. The molecule has 0 radical (unpaired) electrons. The number of benzene rings is 2. The van der Waals surface area contributed by atoms with Crippen LogP contribution in [0.3, 0.4) is 0 Å². The number of imidazole rings is 1. The zero-order valence-corrected chi connectivity index (χ0v) is 24.0. The summed E-state index contributed by atoms with van der Waals surface area (Å²) in [5.41, 5.74) is 3.22. The number of pyridine rings is 1. The number of nitrogens with zero attached hydrogens (tertiary/aromatic N) is 5. The van der Waals surface area contributed by atoms with Crippen LogP contribution in [0.2, 0.25) is 0 Å². The van der Waals surface area contributed by atoms with Crippen LogP contribution < -0.4 is 9.64 Å². The van der Waals surface area contributed by atoms with Crippen molar-refractivity contribution in [2.75, 3.05) is 31.7 Å². The molecule has 3 aliphatic rings. The first-order valence-corrected chi connectivity index (χ1v) is 14.7. The summed E-state index contributed by atoms with van der Waals surface area (Å²) in [5, 5.41) is 8.96. The first-order chi connectivity index (χ1) is 21.0. The lowest BCUT2D eigenvalue weighted by Gasteiger charge is -2.34. The standard InChI is InChI=1S/C33H32FN5O4/c1-41-32(40)22-7-8-27-28(16-22)39(19-24-9-14-42-24)31(36-27)25-17-33(25)10-12-38(13-11-33)29-3-2-4-30(37-29)43-20-23-6-5-21(18-35)15-26(23)34/h2-8,15-16,24-25H,9-14,17,19-20H2,1H3/t24-,25?/m0/s1. The Labute approximate surface area is 248 Å². The van der Waals surface area contributed by atoms with Gasteiger partial charge >= 0.3 is 5.97 Å². The third kappa shape index (κ3) is 5.19. The van der Waals surface area contributed by atoms with Gasteiger partial charge in [-0.1, -0.05) is 12.1 Å². The van der Waals surface area contributed by atoms with Crippen LogP contribution in [0.15, 0.2) is 54.6 Å². The van der Waals surface area contributed by atoms with Crippen LogP contribution in [0.25, 0.3) is 11.0 Å². The van der Waals surface area contributed by atoms with Gasteiger partial charge < -0.3 is 23.7 Å². The zero-order valence-electron chi connectivity index (χ0n) is 24.0. The largest absolute Gasteiger partial charge is 0.473 e. The summed E-state index contributed by atoms with van der Waals surface area (Å²) in [7, 11) is 1.40. The molecule has 3 fully saturated rings. The molecule has 0 bridgehead atoms. The number of hydrogen-bond acceptors (Lipinski definition) is 8. The second-order valence-corrected chi connectivity index (χ2v) is 11.7. The normalized spacial score (nSPS) is 20.4. The van der Waals surface area contributed by atoms with Crippen molar-refractivity contribution in [1.29, 1.82) is 5.26 Å². The van der Waals surface area contributed by atoms with Crippen LogP contribution >= 0.6 is 0 Å². The summed E-state index contributed by atoms with van der Waals surface area (Å²) >= 11 is 0. The van der Waals surface area contributed by atoms with Gasteiger partial charge in [-0.2, -0.15) is 10.2 Å². The van der Waals surface area contributed by atoms with Crippen LogP contribution in [0, 0.1) is 22.6 Å². The first kappa shape index (κ1) is 27.3.